The molecule has 1 aromatic heterocycles. The molecule has 1 aromatic rings. The molecule has 0 aromatic carbocycles. The Morgan fingerprint density at radius 2 is 2.36 bits per heavy atom. The molecule has 14 heavy (non-hydrogen) atoms. The van der Waals surface area contributed by atoms with Crippen LogP contribution in [0.1, 0.15) is 31.0 Å². The first-order chi connectivity index (χ1) is 6.74. The van der Waals surface area contributed by atoms with Gasteiger partial charge in [0, 0.05) is 7.11 Å². The minimum Gasteiger partial charge on any atom is -0.396 e. The highest BCUT2D eigenvalue weighted by Gasteiger charge is 2.30. The quantitative estimate of drug-likeness (QED) is 0.778. The largest absolute Gasteiger partial charge is 0.396 e. The monoisotopic (exact) mass is 195 g/mol. The van der Waals surface area contributed by atoms with E-state index < -0.39 is 0 Å². The van der Waals surface area contributed by atoms with Gasteiger partial charge in [-0.3, -0.25) is 4.68 Å². The lowest BCUT2D eigenvalue weighted by atomic mass is 10.2. The third kappa shape index (κ3) is 1.39. The van der Waals surface area contributed by atoms with Gasteiger partial charge in [0.05, 0.1) is 29.7 Å². The average molecular weight is 195 g/mol. The predicted molar refractivity (Wildman–Crippen MR) is 55.1 cm³/mol. The Morgan fingerprint density at radius 3 is 2.93 bits per heavy atom. The van der Waals surface area contributed by atoms with Crippen molar-refractivity contribution in [3.05, 3.63) is 11.9 Å². The number of methoxy groups -OCH3 is 1. The first-order valence-electron chi connectivity index (χ1n) is 5.06. The van der Waals surface area contributed by atoms with Crippen molar-refractivity contribution in [3.63, 3.8) is 0 Å². The van der Waals surface area contributed by atoms with Crippen LogP contribution in [0, 0.1) is 6.92 Å². The van der Waals surface area contributed by atoms with Crippen molar-refractivity contribution >= 4 is 5.69 Å². The number of nitrogens with two attached hydrogens (primary N) is 1. The van der Waals surface area contributed by atoms with Gasteiger partial charge in [0.1, 0.15) is 0 Å². The summed E-state index contributed by atoms with van der Waals surface area (Å²) >= 11 is 0. The molecule has 1 fully saturated rings. The molecule has 2 N–H and O–H groups in total. The molecule has 1 aliphatic carbocycles. The Labute approximate surface area is 84.0 Å². The van der Waals surface area contributed by atoms with Gasteiger partial charge in [0.2, 0.25) is 0 Å². The van der Waals surface area contributed by atoms with Gasteiger partial charge in [-0.15, -0.1) is 0 Å². The van der Waals surface area contributed by atoms with E-state index in [-0.39, 0.29) is 0 Å². The highest BCUT2D eigenvalue weighted by atomic mass is 16.5. The van der Waals surface area contributed by atoms with Gasteiger partial charge < -0.3 is 10.5 Å². The Morgan fingerprint density at radius 1 is 1.57 bits per heavy atom. The summed E-state index contributed by atoms with van der Waals surface area (Å²) in [5.41, 5.74) is 7.60. The summed E-state index contributed by atoms with van der Waals surface area (Å²) in [6.45, 7) is 2.01. The number of rotatable bonds is 2. The highest BCUT2D eigenvalue weighted by molar-refractivity contribution is 5.40. The van der Waals surface area contributed by atoms with E-state index in [4.69, 9.17) is 10.5 Å². The molecule has 4 nitrogen and oxygen atoms in total. The number of nitrogens with zero attached hydrogens (tertiary/aromatic N) is 2. The van der Waals surface area contributed by atoms with E-state index in [0.29, 0.717) is 12.1 Å². The maximum absolute atomic E-state index is 5.77. The van der Waals surface area contributed by atoms with Crippen LogP contribution in [0.4, 0.5) is 5.69 Å². The number of ether oxygens (including phenoxy) is 1. The molecule has 1 heterocycles. The second-order valence-corrected chi connectivity index (χ2v) is 3.90. The van der Waals surface area contributed by atoms with Crippen LogP contribution in [0.15, 0.2) is 6.20 Å². The third-order valence-electron chi connectivity index (χ3n) is 3.12. The molecule has 0 aliphatic heterocycles. The lowest BCUT2D eigenvalue weighted by Crippen LogP contribution is -2.22. The van der Waals surface area contributed by atoms with Crippen LogP contribution in [0.5, 0.6) is 0 Å². The van der Waals surface area contributed by atoms with Gasteiger partial charge in [-0.05, 0) is 26.2 Å². The zero-order valence-electron chi connectivity index (χ0n) is 8.73. The first-order valence-corrected chi connectivity index (χ1v) is 5.06. The third-order valence-corrected chi connectivity index (χ3v) is 3.12. The SMILES string of the molecule is COC1CCCC1n1ncc(N)c1C. The minimum absolute atomic E-state index is 0.299. The van der Waals surface area contributed by atoms with Gasteiger partial charge in [-0.1, -0.05) is 0 Å². The smallest absolute Gasteiger partial charge is 0.0795 e. The molecule has 0 bridgehead atoms. The number of hydrogen-bond donors (Lipinski definition) is 1. The van der Waals surface area contributed by atoms with Crippen molar-refractivity contribution < 1.29 is 4.74 Å². The predicted octanol–water partition coefficient (Wildman–Crippen LogP) is 1.51. The van der Waals surface area contributed by atoms with Gasteiger partial charge in [0.15, 0.2) is 0 Å². The molecule has 0 spiro atoms. The van der Waals surface area contributed by atoms with E-state index in [1.807, 2.05) is 11.6 Å². The fourth-order valence-corrected chi connectivity index (χ4v) is 2.23. The van der Waals surface area contributed by atoms with E-state index in [1.54, 1.807) is 13.3 Å². The molecule has 78 valence electrons. The summed E-state index contributed by atoms with van der Waals surface area (Å²) in [7, 11) is 1.77. The normalized spacial score (nSPS) is 27.0. The summed E-state index contributed by atoms with van der Waals surface area (Å²) < 4.78 is 7.45. The molecule has 1 saturated carbocycles. The van der Waals surface area contributed by atoms with E-state index in [9.17, 15) is 0 Å². The molecule has 2 unspecified atom stereocenters. The minimum atomic E-state index is 0.299. The van der Waals surface area contributed by atoms with Crippen molar-refractivity contribution in [1.82, 2.24) is 9.78 Å². The van der Waals surface area contributed by atoms with Gasteiger partial charge in [-0.25, -0.2) is 0 Å². The summed E-state index contributed by atoms with van der Waals surface area (Å²) in [6.07, 6.45) is 5.50. The molecule has 1 aliphatic rings. The summed E-state index contributed by atoms with van der Waals surface area (Å²) in [5.74, 6) is 0. The van der Waals surface area contributed by atoms with Crippen LogP contribution in [-0.2, 0) is 4.74 Å². The van der Waals surface area contributed by atoms with Gasteiger partial charge >= 0.3 is 0 Å². The van der Waals surface area contributed by atoms with Crippen LogP contribution in [-0.4, -0.2) is 23.0 Å². The highest BCUT2D eigenvalue weighted by Crippen LogP contribution is 2.33. The summed E-state index contributed by atoms with van der Waals surface area (Å²) in [4.78, 5) is 0. The maximum atomic E-state index is 5.77. The lowest BCUT2D eigenvalue weighted by Gasteiger charge is -2.20. The van der Waals surface area contributed by atoms with E-state index in [2.05, 4.69) is 5.10 Å². The summed E-state index contributed by atoms with van der Waals surface area (Å²) in [6, 6.07) is 0.372. The Hall–Kier alpha value is -1.03. The second kappa shape index (κ2) is 3.61. The molecule has 4 heteroatoms. The molecule has 2 atom stereocenters. The van der Waals surface area contributed by atoms with Crippen molar-refractivity contribution in [2.75, 3.05) is 12.8 Å². The zero-order chi connectivity index (χ0) is 10.1. The topological polar surface area (TPSA) is 53.1 Å². The second-order valence-electron chi connectivity index (χ2n) is 3.90. The fourth-order valence-electron chi connectivity index (χ4n) is 2.23. The Balaban J connectivity index is 2.26. The Bertz CT molecular complexity index is 321. The number of hydrogen-bond acceptors (Lipinski definition) is 3. The van der Waals surface area contributed by atoms with E-state index in [0.717, 1.165) is 24.2 Å². The standard InChI is InChI=1S/C10H17N3O/c1-7-8(11)6-12-13(7)9-4-3-5-10(9)14-2/h6,9-10H,3-5,11H2,1-2H3. The fraction of sp³-hybridized carbons (Fsp3) is 0.700. The molecule has 0 saturated heterocycles. The van der Waals surface area contributed by atoms with Crippen LogP contribution < -0.4 is 5.73 Å². The van der Waals surface area contributed by atoms with Crippen molar-refractivity contribution in [1.29, 1.82) is 0 Å². The van der Waals surface area contributed by atoms with Crippen LogP contribution in [0.25, 0.3) is 0 Å². The van der Waals surface area contributed by atoms with Gasteiger partial charge in [-0.2, -0.15) is 5.10 Å². The molecular formula is C10H17N3O. The maximum Gasteiger partial charge on any atom is 0.0795 e. The Kier molecular flexibility index (Phi) is 2.46. The van der Waals surface area contributed by atoms with Crippen LogP contribution in [0.3, 0.4) is 0 Å². The van der Waals surface area contributed by atoms with Crippen molar-refractivity contribution in [2.45, 2.75) is 38.3 Å². The lowest BCUT2D eigenvalue weighted by molar-refractivity contribution is 0.0702. The van der Waals surface area contributed by atoms with E-state index in [1.165, 1.54) is 6.42 Å². The zero-order valence-corrected chi connectivity index (χ0v) is 8.73. The molecule has 0 amide bonds. The number of anilines is 1. The molecule has 0 radical (unpaired) electrons. The molecule has 2 rings (SSSR count). The van der Waals surface area contributed by atoms with Crippen LogP contribution in [0.2, 0.25) is 0 Å². The number of nitrogen functional groups attached to an aromatic ring is 1. The van der Waals surface area contributed by atoms with E-state index >= 15 is 0 Å². The van der Waals surface area contributed by atoms with Crippen molar-refractivity contribution in [2.24, 2.45) is 0 Å². The first kappa shape index (κ1) is 9.52. The van der Waals surface area contributed by atoms with Crippen molar-refractivity contribution in [3.8, 4) is 0 Å². The van der Waals surface area contributed by atoms with Crippen LogP contribution >= 0.6 is 0 Å². The summed E-state index contributed by atoms with van der Waals surface area (Å²) in [5, 5.41) is 4.31. The average Bonchev–Trinajstić information content (AvgIpc) is 2.75. The number of aromatic nitrogens is 2. The van der Waals surface area contributed by atoms with Gasteiger partial charge in [0.25, 0.3) is 0 Å². The molecular weight excluding hydrogens is 178 g/mol.